The van der Waals surface area contributed by atoms with E-state index < -0.39 is 10.0 Å². The van der Waals surface area contributed by atoms with Crippen LogP contribution in [0.2, 0.25) is 0 Å². The molecule has 0 atom stereocenters. The van der Waals surface area contributed by atoms with Crippen LogP contribution in [0.1, 0.15) is 21.6 Å². The van der Waals surface area contributed by atoms with Crippen LogP contribution in [0.25, 0.3) is 0 Å². The number of methoxy groups -OCH3 is 1. The molecule has 0 saturated heterocycles. The summed E-state index contributed by atoms with van der Waals surface area (Å²) < 4.78 is 32.8. The summed E-state index contributed by atoms with van der Waals surface area (Å²) in [6.45, 7) is 2.01. The SMILES string of the molecule is COc1ccccc1N(C)S(=O)(=O)c1ccc(C)c(C(=O)NCc2ccccn2)c1. The molecule has 7 nitrogen and oxygen atoms in total. The zero-order chi connectivity index (χ0) is 21.7. The lowest BCUT2D eigenvalue weighted by Gasteiger charge is -2.22. The average molecular weight is 426 g/mol. The molecule has 1 heterocycles. The minimum Gasteiger partial charge on any atom is -0.495 e. The highest BCUT2D eigenvalue weighted by Gasteiger charge is 2.25. The van der Waals surface area contributed by atoms with Crippen LogP contribution in [-0.2, 0) is 16.6 Å². The summed E-state index contributed by atoms with van der Waals surface area (Å²) in [4.78, 5) is 16.9. The number of hydrogen-bond donors (Lipinski definition) is 1. The molecule has 1 aromatic heterocycles. The van der Waals surface area contributed by atoms with Crippen LogP contribution in [0, 0.1) is 6.92 Å². The summed E-state index contributed by atoms with van der Waals surface area (Å²) in [5.41, 5.74) is 2.08. The molecule has 156 valence electrons. The molecule has 3 rings (SSSR count). The standard InChI is InChI=1S/C22H23N3O4S/c1-16-11-12-18(14-19(16)22(26)24-15-17-8-6-7-13-23-17)30(27,28)25(2)20-9-4-5-10-21(20)29-3/h4-14H,15H2,1-3H3,(H,24,26). The van der Waals surface area contributed by atoms with Crippen molar-refractivity contribution in [2.75, 3.05) is 18.5 Å². The van der Waals surface area contributed by atoms with Gasteiger partial charge in [-0.1, -0.05) is 24.3 Å². The predicted molar refractivity (Wildman–Crippen MR) is 115 cm³/mol. The van der Waals surface area contributed by atoms with Gasteiger partial charge in [-0.05, 0) is 48.9 Å². The number of amides is 1. The number of nitrogens with zero attached hydrogens (tertiary/aromatic N) is 2. The molecule has 1 amide bonds. The van der Waals surface area contributed by atoms with Gasteiger partial charge in [-0.3, -0.25) is 14.1 Å². The molecule has 3 aromatic rings. The van der Waals surface area contributed by atoms with Gasteiger partial charge < -0.3 is 10.1 Å². The van der Waals surface area contributed by atoms with Gasteiger partial charge in [0.15, 0.2) is 0 Å². The first kappa shape index (κ1) is 21.3. The van der Waals surface area contributed by atoms with E-state index in [4.69, 9.17) is 4.74 Å². The van der Waals surface area contributed by atoms with E-state index in [9.17, 15) is 13.2 Å². The van der Waals surface area contributed by atoms with E-state index in [1.807, 2.05) is 6.07 Å². The fourth-order valence-electron chi connectivity index (χ4n) is 2.95. The van der Waals surface area contributed by atoms with Gasteiger partial charge in [-0.2, -0.15) is 0 Å². The van der Waals surface area contributed by atoms with Gasteiger partial charge in [0.25, 0.3) is 15.9 Å². The second-order valence-corrected chi connectivity index (χ2v) is 8.59. The quantitative estimate of drug-likeness (QED) is 0.628. The Kier molecular flexibility index (Phi) is 6.37. The zero-order valence-corrected chi connectivity index (χ0v) is 17.8. The molecule has 0 aliphatic heterocycles. The molecule has 0 aliphatic rings. The highest BCUT2D eigenvalue weighted by atomic mass is 32.2. The van der Waals surface area contributed by atoms with Crippen molar-refractivity contribution >= 4 is 21.6 Å². The van der Waals surface area contributed by atoms with Gasteiger partial charge in [0.05, 0.1) is 29.9 Å². The number of anilines is 1. The maximum Gasteiger partial charge on any atom is 0.264 e. The van der Waals surface area contributed by atoms with Gasteiger partial charge in [0.2, 0.25) is 0 Å². The van der Waals surface area contributed by atoms with Gasteiger partial charge >= 0.3 is 0 Å². The Hall–Kier alpha value is -3.39. The fourth-order valence-corrected chi connectivity index (χ4v) is 4.19. The molecule has 1 N–H and O–H groups in total. The minimum absolute atomic E-state index is 0.0180. The summed E-state index contributed by atoms with van der Waals surface area (Å²) in [6, 6.07) is 16.8. The number of carbonyl (C=O) groups is 1. The number of sulfonamides is 1. The molecule has 30 heavy (non-hydrogen) atoms. The summed E-state index contributed by atoms with van der Waals surface area (Å²) in [5, 5.41) is 2.78. The predicted octanol–water partition coefficient (Wildman–Crippen LogP) is 3.15. The number of nitrogens with one attached hydrogen (secondary N) is 1. The number of pyridine rings is 1. The van der Waals surface area contributed by atoms with Crippen LogP contribution >= 0.6 is 0 Å². The molecular formula is C22H23N3O4S. The molecule has 8 heteroatoms. The first-order chi connectivity index (χ1) is 14.3. The van der Waals surface area contributed by atoms with Crippen molar-refractivity contribution < 1.29 is 17.9 Å². The lowest BCUT2D eigenvalue weighted by Crippen LogP contribution is -2.28. The molecule has 0 spiro atoms. The van der Waals surface area contributed by atoms with Crippen molar-refractivity contribution in [3.8, 4) is 5.75 Å². The Morgan fingerprint density at radius 3 is 2.53 bits per heavy atom. The largest absolute Gasteiger partial charge is 0.495 e. The van der Waals surface area contributed by atoms with Crippen LogP contribution in [0.5, 0.6) is 5.75 Å². The van der Waals surface area contributed by atoms with Crippen LogP contribution in [-0.4, -0.2) is 33.5 Å². The molecular weight excluding hydrogens is 402 g/mol. The number of para-hydroxylation sites is 2. The summed E-state index contributed by atoms with van der Waals surface area (Å²) in [6.07, 6.45) is 1.65. The van der Waals surface area contributed by atoms with Crippen LogP contribution < -0.4 is 14.4 Å². The first-order valence-corrected chi connectivity index (χ1v) is 10.7. The van der Waals surface area contributed by atoms with Gasteiger partial charge in [-0.25, -0.2) is 8.42 Å². The van der Waals surface area contributed by atoms with E-state index in [1.165, 1.54) is 26.3 Å². The van der Waals surface area contributed by atoms with E-state index in [0.717, 1.165) is 4.31 Å². The third-order valence-electron chi connectivity index (χ3n) is 4.69. The molecule has 0 radical (unpaired) electrons. The number of rotatable bonds is 7. The van der Waals surface area contributed by atoms with Gasteiger partial charge in [0.1, 0.15) is 5.75 Å². The maximum absolute atomic E-state index is 13.2. The highest BCUT2D eigenvalue weighted by Crippen LogP contribution is 2.31. The number of benzene rings is 2. The maximum atomic E-state index is 13.2. The summed E-state index contributed by atoms with van der Waals surface area (Å²) in [5.74, 6) is 0.0687. The molecule has 2 aromatic carbocycles. The van der Waals surface area contributed by atoms with Crippen molar-refractivity contribution in [3.05, 3.63) is 83.7 Å². The Bertz CT molecular complexity index is 1150. The first-order valence-electron chi connectivity index (χ1n) is 9.25. The molecule has 0 unspecified atom stereocenters. The van der Waals surface area contributed by atoms with Crippen LogP contribution in [0.3, 0.4) is 0 Å². The summed E-state index contributed by atoms with van der Waals surface area (Å²) >= 11 is 0. The third kappa shape index (κ3) is 4.44. The van der Waals surface area contributed by atoms with Gasteiger partial charge in [0, 0.05) is 18.8 Å². The molecule has 0 bridgehead atoms. The minimum atomic E-state index is -3.90. The summed E-state index contributed by atoms with van der Waals surface area (Å²) in [7, 11) is -0.970. The molecule has 0 saturated carbocycles. The van der Waals surface area contributed by atoms with Crippen LogP contribution in [0.15, 0.2) is 71.8 Å². The Morgan fingerprint density at radius 1 is 1.10 bits per heavy atom. The Labute approximate surface area is 176 Å². The van der Waals surface area contributed by atoms with E-state index in [1.54, 1.807) is 55.6 Å². The van der Waals surface area contributed by atoms with Crippen molar-refractivity contribution in [1.82, 2.24) is 10.3 Å². The topological polar surface area (TPSA) is 88.6 Å². The smallest absolute Gasteiger partial charge is 0.264 e. The second kappa shape index (κ2) is 8.96. The normalized spacial score (nSPS) is 11.0. The van der Waals surface area contributed by atoms with Crippen LogP contribution in [0.4, 0.5) is 5.69 Å². The third-order valence-corrected chi connectivity index (χ3v) is 6.46. The monoisotopic (exact) mass is 425 g/mol. The van der Waals surface area contributed by atoms with Crippen molar-refractivity contribution in [1.29, 1.82) is 0 Å². The number of carbonyl (C=O) groups excluding carboxylic acids is 1. The lowest BCUT2D eigenvalue weighted by molar-refractivity contribution is 0.0949. The number of ether oxygens (including phenoxy) is 1. The van der Waals surface area contributed by atoms with Crippen molar-refractivity contribution in [2.45, 2.75) is 18.4 Å². The molecule has 0 fully saturated rings. The van der Waals surface area contributed by atoms with E-state index >= 15 is 0 Å². The number of hydrogen-bond acceptors (Lipinski definition) is 5. The lowest BCUT2D eigenvalue weighted by atomic mass is 10.1. The molecule has 0 aliphatic carbocycles. The zero-order valence-electron chi connectivity index (χ0n) is 17.0. The van der Waals surface area contributed by atoms with Crippen molar-refractivity contribution in [3.63, 3.8) is 0 Å². The Morgan fingerprint density at radius 2 is 1.83 bits per heavy atom. The second-order valence-electron chi connectivity index (χ2n) is 6.62. The van der Waals surface area contributed by atoms with E-state index in [-0.39, 0.29) is 17.3 Å². The Balaban J connectivity index is 1.88. The number of aromatic nitrogens is 1. The van der Waals surface area contributed by atoms with Gasteiger partial charge in [-0.15, -0.1) is 0 Å². The van der Waals surface area contributed by atoms with Crippen molar-refractivity contribution in [2.24, 2.45) is 0 Å². The van der Waals surface area contributed by atoms with E-state index in [0.29, 0.717) is 28.3 Å². The highest BCUT2D eigenvalue weighted by molar-refractivity contribution is 7.92. The van der Waals surface area contributed by atoms with E-state index in [2.05, 4.69) is 10.3 Å². The number of aryl methyl sites for hydroxylation is 1. The average Bonchev–Trinajstić information content (AvgIpc) is 2.77. The fraction of sp³-hybridized carbons (Fsp3) is 0.182.